The van der Waals surface area contributed by atoms with Crippen LogP contribution in [0, 0.1) is 6.92 Å². The number of ether oxygens (including phenoxy) is 1. The van der Waals surface area contributed by atoms with Crippen LogP contribution < -0.4 is 15.4 Å². The Hall–Kier alpha value is -2.21. The zero-order valence-electron chi connectivity index (χ0n) is 14.3. The molecule has 0 atom stereocenters. The average Bonchev–Trinajstić information content (AvgIpc) is 2.56. The first-order valence-corrected chi connectivity index (χ1v) is 8.61. The summed E-state index contributed by atoms with van der Waals surface area (Å²) in [4.78, 5) is 0. The second-order valence-electron chi connectivity index (χ2n) is 5.76. The summed E-state index contributed by atoms with van der Waals surface area (Å²) in [6, 6.07) is 12.9. The Balaban J connectivity index is 2.01. The van der Waals surface area contributed by atoms with Crippen LogP contribution in [0.4, 0.5) is 20.2 Å². The van der Waals surface area contributed by atoms with Gasteiger partial charge in [-0.1, -0.05) is 31.5 Å². The van der Waals surface area contributed by atoms with Crippen LogP contribution in [0.1, 0.15) is 30.9 Å². The molecule has 0 bridgehead atoms. The van der Waals surface area contributed by atoms with Crippen LogP contribution in [-0.4, -0.2) is 11.7 Å². The molecule has 0 saturated carbocycles. The van der Waals surface area contributed by atoms with Crippen LogP contribution in [0.25, 0.3) is 0 Å². The van der Waals surface area contributed by atoms with E-state index in [0.717, 1.165) is 30.5 Å². The molecule has 0 saturated heterocycles. The molecule has 3 nitrogen and oxygen atoms in total. The summed E-state index contributed by atoms with van der Waals surface area (Å²) in [5.74, 6) is 0.0552. The quantitative estimate of drug-likeness (QED) is 0.613. The maximum absolute atomic E-state index is 12.5. The number of aryl methyl sites for hydroxylation is 2. The van der Waals surface area contributed by atoms with Gasteiger partial charge < -0.3 is 15.4 Å². The summed E-state index contributed by atoms with van der Waals surface area (Å²) in [6.45, 7) is 1.14. The molecule has 0 spiro atoms. The van der Waals surface area contributed by atoms with Crippen LogP contribution in [0.5, 0.6) is 5.75 Å². The van der Waals surface area contributed by atoms with Crippen LogP contribution in [0.2, 0.25) is 0 Å². The van der Waals surface area contributed by atoms with Gasteiger partial charge in [0.2, 0.25) is 0 Å². The van der Waals surface area contributed by atoms with Crippen molar-refractivity contribution in [3.05, 3.63) is 53.6 Å². The van der Waals surface area contributed by atoms with Crippen molar-refractivity contribution in [2.75, 3.05) is 10.6 Å². The second-order valence-corrected chi connectivity index (χ2v) is 6.17. The van der Waals surface area contributed by atoms with Crippen molar-refractivity contribution in [2.24, 2.45) is 0 Å². The fraction of sp³-hybridized carbons (Fsp3) is 0.316. The topological polar surface area (TPSA) is 33.3 Å². The van der Waals surface area contributed by atoms with E-state index < -0.39 is 6.61 Å². The molecular formula is C19H22F2N2OS. The monoisotopic (exact) mass is 364 g/mol. The molecule has 25 heavy (non-hydrogen) atoms. The lowest BCUT2D eigenvalue weighted by Crippen LogP contribution is -2.20. The van der Waals surface area contributed by atoms with Crippen molar-refractivity contribution in [3.63, 3.8) is 0 Å². The Morgan fingerprint density at radius 3 is 2.48 bits per heavy atom. The molecule has 0 heterocycles. The summed E-state index contributed by atoms with van der Waals surface area (Å²) in [5, 5.41) is 6.28. The highest BCUT2D eigenvalue weighted by Gasteiger charge is 2.11. The molecule has 2 N–H and O–H groups in total. The number of thiocarbonyl (C=S) groups is 1. The zero-order chi connectivity index (χ0) is 18.2. The predicted molar refractivity (Wildman–Crippen MR) is 103 cm³/mol. The number of alkyl halides is 2. The van der Waals surface area contributed by atoms with Gasteiger partial charge in [0.25, 0.3) is 0 Å². The van der Waals surface area contributed by atoms with Gasteiger partial charge in [0.15, 0.2) is 5.11 Å². The number of anilines is 2. The van der Waals surface area contributed by atoms with E-state index in [0.29, 0.717) is 10.8 Å². The molecule has 6 heteroatoms. The number of unbranched alkanes of at least 4 members (excludes halogenated alkanes) is 1. The number of rotatable bonds is 7. The minimum Gasteiger partial charge on any atom is -0.433 e. The molecule has 0 radical (unpaired) electrons. The van der Waals surface area contributed by atoms with Crippen molar-refractivity contribution < 1.29 is 13.5 Å². The fourth-order valence-electron chi connectivity index (χ4n) is 2.36. The van der Waals surface area contributed by atoms with Gasteiger partial charge in [-0.05, 0) is 67.4 Å². The summed E-state index contributed by atoms with van der Waals surface area (Å²) >= 11 is 5.27. The first kappa shape index (κ1) is 19.1. The third-order valence-electron chi connectivity index (χ3n) is 3.63. The SMILES string of the molecule is CCCCc1ccc(NC(=S)Nc2cc(C)ccc2OC(F)F)cc1. The largest absolute Gasteiger partial charge is 0.433 e. The Labute approximate surface area is 152 Å². The van der Waals surface area contributed by atoms with Gasteiger partial charge in [-0.3, -0.25) is 0 Å². The third-order valence-corrected chi connectivity index (χ3v) is 3.83. The number of benzene rings is 2. The lowest BCUT2D eigenvalue weighted by molar-refractivity contribution is -0.0493. The summed E-state index contributed by atoms with van der Waals surface area (Å²) in [6.07, 6.45) is 3.37. The summed E-state index contributed by atoms with van der Waals surface area (Å²) < 4.78 is 29.5. The van der Waals surface area contributed by atoms with Crippen molar-refractivity contribution in [1.29, 1.82) is 0 Å². The van der Waals surface area contributed by atoms with Crippen molar-refractivity contribution in [1.82, 2.24) is 0 Å². The molecule has 2 rings (SSSR count). The van der Waals surface area contributed by atoms with Crippen LogP contribution >= 0.6 is 12.2 Å². The lowest BCUT2D eigenvalue weighted by atomic mass is 10.1. The Morgan fingerprint density at radius 1 is 1.12 bits per heavy atom. The minimum atomic E-state index is -2.89. The van der Waals surface area contributed by atoms with E-state index in [-0.39, 0.29) is 5.75 Å². The molecule has 0 amide bonds. The average molecular weight is 364 g/mol. The smallest absolute Gasteiger partial charge is 0.387 e. The van der Waals surface area contributed by atoms with Gasteiger partial charge in [-0.25, -0.2) is 0 Å². The van der Waals surface area contributed by atoms with Crippen molar-refractivity contribution in [3.8, 4) is 5.75 Å². The Morgan fingerprint density at radius 2 is 1.84 bits per heavy atom. The first-order valence-electron chi connectivity index (χ1n) is 8.20. The first-order chi connectivity index (χ1) is 12.0. The van der Waals surface area contributed by atoms with Crippen LogP contribution in [-0.2, 0) is 6.42 Å². The van der Waals surface area contributed by atoms with Gasteiger partial charge in [0.05, 0.1) is 5.69 Å². The highest BCUT2D eigenvalue weighted by molar-refractivity contribution is 7.80. The summed E-state index contributed by atoms with van der Waals surface area (Å²) in [7, 11) is 0. The molecule has 0 aromatic heterocycles. The predicted octanol–water partition coefficient (Wildman–Crippen LogP) is 5.75. The van der Waals surface area contributed by atoms with E-state index in [1.54, 1.807) is 12.1 Å². The van der Waals surface area contributed by atoms with Gasteiger partial charge >= 0.3 is 6.61 Å². The second kappa shape index (κ2) is 9.32. The van der Waals surface area contributed by atoms with Crippen molar-refractivity contribution >= 4 is 28.7 Å². The molecule has 2 aromatic carbocycles. The van der Waals surface area contributed by atoms with E-state index in [2.05, 4.69) is 34.4 Å². The van der Waals surface area contributed by atoms with Crippen LogP contribution in [0.15, 0.2) is 42.5 Å². The van der Waals surface area contributed by atoms with E-state index in [1.807, 2.05) is 19.1 Å². The number of hydrogen-bond acceptors (Lipinski definition) is 2. The number of nitrogens with one attached hydrogen (secondary N) is 2. The highest BCUT2D eigenvalue weighted by Crippen LogP contribution is 2.27. The van der Waals surface area contributed by atoms with Gasteiger partial charge in [-0.15, -0.1) is 0 Å². The molecule has 134 valence electrons. The van der Waals surface area contributed by atoms with Crippen molar-refractivity contribution in [2.45, 2.75) is 39.7 Å². The molecule has 0 fully saturated rings. The molecule has 2 aromatic rings. The normalized spacial score (nSPS) is 10.6. The molecule has 0 aliphatic carbocycles. The highest BCUT2D eigenvalue weighted by atomic mass is 32.1. The standard InChI is InChI=1S/C19H22F2N2OS/c1-3-4-5-14-7-9-15(10-8-14)22-19(25)23-16-12-13(2)6-11-17(16)24-18(20)21/h6-12,18H,3-5H2,1-2H3,(H2,22,23,25). The molecule has 0 aliphatic heterocycles. The van der Waals surface area contributed by atoms with E-state index >= 15 is 0 Å². The van der Waals surface area contributed by atoms with Crippen LogP contribution in [0.3, 0.4) is 0 Å². The third kappa shape index (κ3) is 6.31. The van der Waals surface area contributed by atoms with E-state index in [4.69, 9.17) is 12.2 Å². The lowest BCUT2D eigenvalue weighted by Gasteiger charge is -2.15. The van der Waals surface area contributed by atoms with Gasteiger partial charge in [0, 0.05) is 5.69 Å². The maximum Gasteiger partial charge on any atom is 0.387 e. The molecule has 0 aliphatic rings. The minimum absolute atomic E-state index is 0.0552. The Bertz CT molecular complexity index is 705. The molecular weight excluding hydrogens is 342 g/mol. The van der Waals surface area contributed by atoms with Gasteiger partial charge in [-0.2, -0.15) is 8.78 Å². The fourth-order valence-corrected chi connectivity index (χ4v) is 2.59. The Kier molecular flexibility index (Phi) is 7.13. The van der Waals surface area contributed by atoms with E-state index in [9.17, 15) is 8.78 Å². The summed E-state index contributed by atoms with van der Waals surface area (Å²) in [5.41, 5.74) is 3.42. The number of halogens is 2. The maximum atomic E-state index is 12.5. The van der Waals surface area contributed by atoms with E-state index in [1.165, 1.54) is 11.6 Å². The number of hydrogen-bond donors (Lipinski definition) is 2. The van der Waals surface area contributed by atoms with Gasteiger partial charge in [0.1, 0.15) is 5.75 Å². The zero-order valence-corrected chi connectivity index (χ0v) is 15.1. The molecule has 0 unspecified atom stereocenters.